The third kappa shape index (κ3) is 2.93. The van der Waals surface area contributed by atoms with Crippen molar-refractivity contribution in [3.05, 3.63) is 58.2 Å². The smallest absolute Gasteiger partial charge is 0.339 e. The SMILES string of the molecule is CC1=CC23C(=O)C(C=C(CO)C(O)C2(O)C1OC(=O)c1c(C)cccc1C)C1C(C[C@H]3C)C1(C)C. The van der Waals surface area contributed by atoms with Crippen molar-refractivity contribution < 1.29 is 29.6 Å². The summed E-state index contributed by atoms with van der Waals surface area (Å²) in [4.78, 5) is 27.8. The van der Waals surface area contributed by atoms with Gasteiger partial charge in [-0.2, -0.15) is 0 Å². The van der Waals surface area contributed by atoms with Crippen molar-refractivity contribution in [2.45, 2.75) is 65.8 Å². The lowest BCUT2D eigenvalue weighted by Crippen LogP contribution is -2.65. The predicted molar refractivity (Wildman–Crippen MR) is 130 cm³/mol. The lowest BCUT2D eigenvalue weighted by atomic mass is 9.59. The molecule has 6 heteroatoms. The first-order chi connectivity index (χ1) is 16.3. The van der Waals surface area contributed by atoms with Gasteiger partial charge in [-0.1, -0.05) is 51.1 Å². The Morgan fingerprint density at radius 3 is 2.40 bits per heavy atom. The first kappa shape index (κ1) is 24.4. The summed E-state index contributed by atoms with van der Waals surface area (Å²) in [6.07, 6.45) is 1.37. The van der Waals surface area contributed by atoms with Gasteiger partial charge in [0.05, 0.1) is 17.6 Å². The number of fused-ring (bicyclic) bond motifs is 3. The highest BCUT2D eigenvalue weighted by atomic mass is 16.6. The van der Waals surface area contributed by atoms with Gasteiger partial charge in [0.2, 0.25) is 0 Å². The normalized spacial score (nSPS) is 41.1. The molecule has 1 spiro atoms. The van der Waals surface area contributed by atoms with Gasteiger partial charge in [-0.3, -0.25) is 4.79 Å². The molecule has 0 saturated heterocycles. The van der Waals surface area contributed by atoms with Gasteiger partial charge in [-0.25, -0.2) is 4.79 Å². The summed E-state index contributed by atoms with van der Waals surface area (Å²) in [6.45, 7) is 11.2. The zero-order chi connectivity index (χ0) is 25.7. The van der Waals surface area contributed by atoms with Gasteiger partial charge in [-0.15, -0.1) is 0 Å². The average molecular weight is 481 g/mol. The standard InChI is InChI=1S/C29H36O6/c1-14-8-7-9-15(2)21(14)26(33)35-25-16(3)12-28-17(4)10-20-22(27(20,5)6)19(24(28)32)11-18(13-30)23(31)29(25,28)34/h7-9,11-12,17,19-20,22-23,25,30-31,34H,10,13H2,1-6H3/t17-,19?,20?,22?,23?,25?,28?,29?/m1/s1. The number of ether oxygens (including phenoxy) is 1. The Labute approximate surface area is 206 Å². The largest absolute Gasteiger partial charge is 0.451 e. The molecule has 3 N–H and O–H groups in total. The minimum absolute atomic E-state index is 0.0355. The van der Waals surface area contributed by atoms with Crippen LogP contribution in [-0.2, 0) is 9.53 Å². The predicted octanol–water partition coefficient (Wildman–Crippen LogP) is 3.30. The molecule has 0 heterocycles. The van der Waals surface area contributed by atoms with Crippen molar-refractivity contribution in [2.75, 3.05) is 6.61 Å². The zero-order valence-corrected chi connectivity index (χ0v) is 21.3. The van der Waals surface area contributed by atoms with Gasteiger partial charge in [0.1, 0.15) is 6.10 Å². The van der Waals surface area contributed by atoms with Crippen molar-refractivity contribution in [1.29, 1.82) is 0 Å². The Balaban J connectivity index is 1.65. The third-order valence-corrected chi connectivity index (χ3v) is 9.81. The van der Waals surface area contributed by atoms with E-state index >= 15 is 0 Å². The number of hydrogen-bond donors (Lipinski definition) is 3. The van der Waals surface area contributed by atoms with Crippen molar-refractivity contribution in [1.82, 2.24) is 0 Å². The summed E-state index contributed by atoms with van der Waals surface area (Å²) in [6, 6.07) is 5.50. The van der Waals surface area contributed by atoms with Crippen LogP contribution in [0.3, 0.4) is 0 Å². The molecule has 8 atom stereocenters. The number of Topliss-reactive ketones (excluding diaryl/α,β-unsaturated/α-hetero) is 1. The van der Waals surface area contributed by atoms with Gasteiger partial charge in [0, 0.05) is 5.92 Å². The van der Waals surface area contributed by atoms with Gasteiger partial charge >= 0.3 is 5.97 Å². The van der Waals surface area contributed by atoms with Crippen LogP contribution in [0.15, 0.2) is 41.5 Å². The fourth-order valence-electron chi connectivity index (χ4n) is 7.90. The number of esters is 1. The molecule has 1 aromatic carbocycles. The van der Waals surface area contributed by atoms with Gasteiger partial charge in [0.15, 0.2) is 17.5 Å². The van der Waals surface area contributed by atoms with E-state index in [1.165, 1.54) is 0 Å². The molecule has 6 nitrogen and oxygen atoms in total. The Morgan fingerprint density at radius 2 is 1.80 bits per heavy atom. The first-order valence-corrected chi connectivity index (χ1v) is 12.6. The molecular formula is C29H36O6. The zero-order valence-electron chi connectivity index (χ0n) is 21.3. The molecule has 0 aliphatic heterocycles. The van der Waals surface area contributed by atoms with E-state index in [-0.39, 0.29) is 28.6 Å². The second-order valence-corrected chi connectivity index (χ2v) is 11.9. The van der Waals surface area contributed by atoms with Crippen LogP contribution in [0.1, 0.15) is 55.6 Å². The second kappa shape index (κ2) is 7.61. The Kier molecular flexibility index (Phi) is 5.31. The minimum Gasteiger partial charge on any atom is -0.451 e. The molecule has 2 fully saturated rings. The molecule has 7 unspecified atom stereocenters. The summed E-state index contributed by atoms with van der Waals surface area (Å²) in [5.74, 6) is -1.20. The number of benzene rings is 1. The van der Waals surface area contributed by atoms with E-state index in [9.17, 15) is 24.9 Å². The highest BCUT2D eigenvalue weighted by Gasteiger charge is 2.76. The van der Waals surface area contributed by atoms with E-state index in [2.05, 4.69) is 13.8 Å². The molecule has 2 bridgehead atoms. The number of aliphatic hydroxyl groups is 3. The highest BCUT2D eigenvalue weighted by Crippen LogP contribution is 2.71. The minimum atomic E-state index is -2.12. The summed E-state index contributed by atoms with van der Waals surface area (Å²) >= 11 is 0. The number of aliphatic hydroxyl groups excluding tert-OH is 2. The number of aryl methyl sites for hydroxylation is 2. The monoisotopic (exact) mass is 480 g/mol. The van der Waals surface area contributed by atoms with Gasteiger partial charge in [-0.05, 0) is 72.6 Å². The van der Waals surface area contributed by atoms with Crippen molar-refractivity contribution in [3.63, 3.8) is 0 Å². The fraction of sp³-hybridized carbons (Fsp3) is 0.586. The fourth-order valence-corrected chi connectivity index (χ4v) is 7.90. The topological polar surface area (TPSA) is 104 Å². The van der Waals surface area contributed by atoms with E-state index in [1.54, 1.807) is 19.1 Å². The lowest BCUT2D eigenvalue weighted by Gasteiger charge is -2.48. The van der Waals surface area contributed by atoms with Crippen LogP contribution in [0.2, 0.25) is 0 Å². The van der Waals surface area contributed by atoms with E-state index in [1.807, 2.05) is 39.0 Å². The Bertz CT molecular complexity index is 1160. The Hall–Kier alpha value is -2.28. The molecule has 1 aromatic rings. The van der Waals surface area contributed by atoms with Gasteiger partial charge in [0.25, 0.3) is 0 Å². The number of allylic oxidation sites excluding steroid dienone is 1. The quantitative estimate of drug-likeness (QED) is 0.453. The third-order valence-electron chi connectivity index (χ3n) is 9.81. The van der Waals surface area contributed by atoms with E-state index < -0.39 is 41.7 Å². The number of rotatable bonds is 3. The van der Waals surface area contributed by atoms with Gasteiger partial charge < -0.3 is 20.1 Å². The van der Waals surface area contributed by atoms with E-state index in [0.29, 0.717) is 17.1 Å². The average Bonchev–Trinajstić information content (AvgIpc) is 3.27. The maximum absolute atomic E-state index is 14.4. The summed E-state index contributed by atoms with van der Waals surface area (Å²) in [7, 11) is 0. The first-order valence-electron chi connectivity index (χ1n) is 12.6. The molecular weight excluding hydrogens is 444 g/mol. The van der Waals surface area contributed by atoms with Crippen LogP contribution in [0.25, 0.3) is 0 Å². The molecule has 0 amide bonds. The van der Waals surface area contributed by atoms with E-state index in [4.69, 9.17) is 4.74 Å². The second-order valence-electron chi connectivity index (χ2n) is 11.9. The number of carbonyl (C=O) groups is 2. The summed E-state index contributed by atoms with van der Waals surface area (Å²) < 4.78 is 5.99. The molecule has 4 aliphatic rings. The summed E-state index contributed by atoms with van der Waals surface area (Å²) in [5.41, 5.74) is -0.935. The molecule has 0 radical (unpaired) electrons. The number of hydrogen-bond acceptors (Lipinski definition) is 6. The lowest BCUT2D eigenvalue weighted by molar-refractivity contribution is -0.190. The van der Waals surface area contributed by atoms with E-state index in [0.717, 1.165) is 17.5 Å². The van der Waals surface area contributed by atoms with Crippen LogP contribution >= 0.6 is 0 Å². The van der Waals surface area contributed by atoms with Crippen LogP contribution in [-0.4, -0.2) is 51.5 Å². The molecule has 4 aliphatic carbocycles. The molecule has 35 heavy (non-hydrogen) atoms. The summed E-state index contributed by atoms with van der Waals surface area (Å²) in [5, 5.41) is 34.3. The molecule has 0 aromatic heterocycles. The van der Waals surface area contributed by atoms with Crippen molar-refractivity contribution >= 4 is 11.8 Å². The molecule has 188 valence electrons. The van der Waals surface area contributed by atoms with Crippen molar-refractivity contribution in [2.24, 2.45) is 34.5 Å². The molecule has 5 rings (SSSR count). The Morgan fingerprint density at radius 1 is 1.17 bits per heavy atom. The van der Waals surface area contributed by atoms with Crippen molar-refractivity contribution in [3.8, 4) is 0 Å². The van der Waals surface area contributed by atoms with Crippen LogP contribution in [0.4, 0.5) is 0 Å². The maximum atomic E-state index is 14.4. The highest BCUT2D eigenvalue weighted by molar-refractivity contribution is 5.96. The van der Waals surface area contributed by atoms with Crippen LogP contribution in [0, 0.1) is 48.3 Å². The number of ketones is 1. The molecule has 2 saturated carbocycles. The van der Waals surface area contributed by atoms with Crippen LogP contribution < -0.4 is 0 Å². The van der Waals surface area contributed by atoms with Crippen LogP contribution in [0.5, 0.6) is 0 Å². The maximum Gasteiger partial charge on any atom is 0.339 e. The number of carbonyl (C=O) groups excluding carboxylic acids is 2.